The number of rotatable bonds is 9. The number of amides is 2. The molecule has 2 amide bonds. The second kappa shape index (κ2) is 12.3. The van der Waals surface area contributed by atoms with Crippen LogP contribution in [-0.4, -0.2) is 65.2 Å². The van der Waals surface area contributed by atoms with Gasteiger partial charge in [0.15, 0.2) is 0 Å². The number of nitrogens with one attached hydrogen (secondary N) is 3. The van der Waals surface area contributed by atoms with E-state index in [1.165, 1.54) is 6.07 Å². The molecule has 0 aliphatic carbocycles. The zero-order chi connectivity index (χ0) is 28.9. The molecule has 2 heterocycles. The number of aliphatic hydroxyl groups excluding tert-OH is 1. The standard InChI is InChI=1S/C31H32N4O6/c1-19-17-25-26(18-24(19)31(39)40)33-30(38)27(25)28(20-5-3-2-4-6-20)32-22-9-7-21(8-10-22)29(37)34-41-16-15-35-13-11-23(36)12-14-35/h2-10,17-18,23,32,36H,11-16H2,1H3,(H,33,38)(H,34,37)(H,39,40)/b28-27-. The molecule has 3 aromatic rings. The first kappa shape index (κ1) is 28.0. The number of anilines is 2. The van der Waals surface area contributed by atoms with Gasteiger partial charge in [-0.15, -0.1) is 0 Å². The van der Waals surface area contributed by atoms with Gasteiger partial charge in [-0.3, -0.25) is 14.4 Å². The molecule has 1 fully saturated rings. The first-order valence-corrected chi connectivity index (χ1v) is 13.5. The predicted octanol–water partition coefficient (Wildman–Crippen LogP) is 3.74. The summed E-state index contributed by atoms with van der Waals surface area (Å²) in [6.45, 7) is 4.33. The zero-order valence-corrected chi connectivity index (χ0v) is 22.6. The van der Waals surface area contributed by atoms with Crippen molar-refractivity contribution in [3.63, 3.8) is 0 Å². The molecule has 5 N–H and O–H groups in total. The van der Waals surface area contributed by atoms with Crippen molar-refractivity contribution in [2.24, 2.45) is 0 Å². The molecule has 2 aliphatic rings. The number of nitrogens with zero attached hydrogens (tertiary/aromatic N) is 1. The molecule has 0 spiro atoms. The second-order valence-corrected chi connectivity index (χ2v) is 10.1. The molecule has 0 bridgehead atoms. The number of piperidine rings is 1. The van der Waals surface area contributed by atoms with E-state index in [0.29, 0.717) is 52.5 Å². The number of aromatic carboxylic acids is 1. The molecule has 0 atom stereocenters. The molecule has 10 heteroatoms. The van der Waals surface area contributed by atoms with Gasteiger partial charge >= 0.3 is 5.97 Å². The SMILES string of the molecule is Cc1cc2c(cc1C(=O)O)NC(=O)/C2=C(\Nc1ccc(C(=O)NOCCN2CCC(O)CC2)cc1)c1ccccc1. The molecule has 1 saturated heterocycles. The van der Waals surface area contributed by atoms with Crippen molar-refractivity contribution in [2.75, 3.05) is 36.9 Å². The van der Waals surface area contributed by atoms with E-state index < -0.39 is 5.97 Å². The van der Waals surface area contributed by atoms with Crippen LogP contribution >= 0.6 is 0 Å². The summed E-state index contributed by atoms with van der Waals surface area (Å²) in [5, 5.41) is 25.3. The average molecular weight is 557 g/mol. The van der Waals surface area contributed by atoms with Crippen LogP contribution in [0.3, 0.4) is 0 Å². The number of carbonyl (C=O) groups is 3. The molecule has 10 nitrogen and oxygen atoms in total. The molecular formula is C31H32N4O6. The summed E-state index contributed by atoms with van der Waals surface area (Å²) in [5.74, 6) is -1.78. The van der Waals surface area contributed by atoms with Crippen molar-refractivity contribution in [3.05, 3.63) is 94.5 Å². The van der Waals surface area contributed by atoms with Crippen molar-refractivity contribution >= 4 is 40.4 Å². The van der Waals surface area contributed by atoms with Gasteiger partial charge in [0.1, 0.15) is 0 Å². The number of hydroxylamine groups is 1. The van der Waals surface area contributed by atoms with Gasteiger partial charge in [0, 0.05) is 36.4 Å². The van der Waals surface area contributed by atoms with Gasteiger partial charge in [-0.25, -0.2) is 10.3 Å². The Kier molecular flexibility index (Phi) is 8.44. The summed E-state index contributed by atoms with van der Waals surface area (Å²) in [4.78, 5) is 44.9. The highest BCUT2D eigenvalue weighted by Crippen LogP contribution is 2.39. The lowest BCUT2D eigenvalue weighted by molar-refractivity contribution is -0.110. The van der Waals surface area contributed by atoms with Gasteiger partial charge in [0.25, 0.3) is 11.8 Å². The first-order valence-electron chi connectivity index (χ1n) is 13.5. The lowest BCUT2D eigenvalue weighted by atomic mass is 9.96. The molecule has 0 unspecified atom stereocenters. The van der Waals surface area contributed by atoms with E-state index in [1.54, 1.807) is 37.3 Å². The average Bonchev–Trinajstić information content (AvgIpc) is 3.29. The van der Waals surface area contributed by atoms with Gasteiger partial charge < -0.3 is 25.7 Å². The number of likely N-dealkylation sites (tertiary alicyclic amines) is 1. The Morgan fingerprint density at radius 3 is 2.41 bits per heavy atom. The first-order chi connectivity index (χ1) is 19.8. The highest BCUT2D eigenvalue weighted by atomic mass is 16.7. The summed E-state index contributed by atoms with van der Waals surface area (Å²) in [7, 11) is 0. The lowest BCUT2D eigenvalue weighted by Crippen LogP contribution is -2.38. The summed E-state index contributed by atoms with van der Waals surface area (Å²) >= 11 is 0. The maximum absolute atomic E-state index is 13.2. The van der Waals surface area contributed by atoms with Crippen LogP contribution in [0.15, 0.2) is 66.7 Å². The van der Waals surface area contributed by atoms with Gasteiger partial charge in [-0.2, -0.15) is 0 Å². The quantitative estimate of drug-likeness (QED) is 0.153. The molecule has 212 valence electrons. The minimum absolute atomic E-state index is 0.128. The number of carboxylic acid groups (broad SMARTS) is 1. The van der Waals surface area contributed by atoms with E-state index in [9.17, 15) is 24.6 Å². The minimum atomic E-state index is -1.06. The molecule has 0 radical (unpaired) electrons. The van der Waals surface area contributed by atoms with Crippen molar-refractivity contribution in [2.45, 2.75) is 25.9 Å². The molecule has 5 rings (SSSR count). The zero-order valence-electron chi connectivity index (χ0n) is 22.6. The third-order valence-corrected chi connectivity index (χ3v) is 7.30. The van der Waals surface area contributed by atoms with E-state index in [2.05, 4.69) is 21.0 Å². The maximum Gasteiger partial charge on any atom is 0.336 e. The van der Waals surface area contributed by atoms with E-state index in [1.807, 2.05) is 30.3 Å². The predicted molar refractivity (Wildman–Crippen MR) is 155 cm³/mol. The van der Waals surface area contributed by atoms with Gasteiger partial charge in [0.2, 0.25) is 0 Å². The van der Waals surface area contributed by atoms with E-state index in [4.69, 9.17) is 4.84 Å². The van der Waals surface area contributed by atoms with Crippen LogP contribution in [0, 0.1) is 6.92 Å². The summed E-state index contributed by atoms with van der Waals surface area (Å²) < 4.78 is 0. The van der Waals surface area contributed by atoms with Crippen LogP contribution in [0.4, 0.5) is 11.4 Å². The number of carboxylic acids is 1. The maximum atomic E-state index is 13.2. The van der Waals surface area contributed by atoms with E-state index in [-0.39, 0.29) is 23.5 Å². The Morgan fingerprint density at radius 2 is 1.73 bits per heavy atom. The number of carbonyl (C=O) groups excluding carboxylic acids is 2. The van der Waals surface area contributed by atoms with Crippen LogP contribution < -0.4 is 16.1 Å². The Hall–Kier alpha value is -4.51. The fourth-order valence-corrected chi connectivity index (χ4v) is 5.03. The Balaban J connectivity index is 1.31. The van der Waals surface area contributed by atoms with Gasteiger partial charge in [-0.1, -0.05) is 30.3 Å². The summed E-state index contributed by atoms with van der Waals surface area (Å²) in [5.41, 5.74) is 6.97. The fourth-order valence-electron chi connectivity index (χ4n) is 5.03. The number of hydrogen-bond donors (Lipinski definition) is 5. The monoisotopic (exact) mass is 556 g/mol. The molecule has 0 aromatic heterocycles. The highest BCUT2D eigenvalue weighted by molar-refractivity contribution is 6.37. The largest absolute Gasteiger partial charge is 0.478 e. The van der Waals surface area contributed by atoms with Gasteiger partial charge in [-0.05, 0) is 67.3 Å². The number of hydrogen-bond acceptors (Lipinski definition) is 7. The van der Waals surface area contributed by atoms with Crippen LogP contribution in [0.25, 0.3) is 11.3 Å². The van der Waals surface area contributed by atoms with Crippen molar-refractivity contribution in [3.8, 4) is 0 Å². The third-order valence-electron chi connectivity index (χ3n) is 7.30. The van der Waals surface area contributed by atoms with Crippen molar-refractivity contribution in [1.82, 2.24) is 10.4 Å². The number of aliphatic hydroxyl groups is 1. The van der Waals surface area contributed by atoms with E-state index >= 15 is 0 Å². The van der Waals surface area contributed by atoms with Crippen molar-refractivity contribution in [1.29, 1.82) is 0 Å². The minimum Gasteiger partial charge on any atom is -0.478 e. The third kappa shape index (κ3) is 6.46. The molecular weight excluding hydrogens is 524 g/mol. The Labute approximate surface area is 237 Å². The second-order valence-electron chi connectivity index (χ2n) is 10.1. The van der Waals surface area contributed by atoms with E-state index in [0.717, 1.165) is 31.5 Å². The number of benzene rings is 3. The topological polar surface area (TPSA) is 140 Å². The van der Waals surface area contributed by atoms with Crippen LogP contribution in [0.2, 0.25) is 0 Å². The highest BCUT2D eigenvalue weighted by Gasteiger charge is 2.30. The fraction of sp³-hybridized carbons (Fsp3) is 0.258. The summed E-state index contributed by atoms with van der Waals surface area (Å²) in [6, 6.07) is 19.4. The van der Waals surface area contributed by atoms with Crippen LogP contribution in [-0.2, 0) is 9.63 Å². The molecule has 41 heavy (non-hydrogen) atoms. The molecule has 3 aromatic carbocycles. The normalized spacial score (nSPS) is 16.6. The lowest BCUT2D eigenvalue weighted by Gasteiger charge is -2.29. The number of fused-ring (bicyclic) bond motifs is 1. The van der Waals surface area contributed by atoms with Crippen molar-refractivity contribution < 1.29 is 29.4 Å². The molecule has 2 aliphatic heterocycles. The Morgan fingerprint density at radius 1 is 1.02 bits per heavy atom. The molecule has 0 saturated carbocycles. The van der Waals surface area contributed by atoms with Crippen LogP contribution in [0.1, 0.15) is 50.2 Å². The Bertz CT molecular complexity index is 1480. The van der Waals surface area contributed by atoms with Crippen LogP contribution in [0.5, 0.6) is 0 Å². The number of aryl methyl sites for hydroxylation is 1. The smallest absolute Gasteiger partial charge is 0.336 e. The van der Waals surface area contributed by atoms with Gasteiger partial charge in [0.05, 0.1) is 35.2 Å². The summed E-state index contributed by atoms with van der Waals surface area (Å²) in [6.07, 6.45) is 1.27.